The van der Waals surface area contributed by atoms with Crippen LogP contribution in [0.5, 0.6) is 0 Å². The highest BCUT2D eigenvalue weighted by Crippen LogP contribution is 2.31. The maximum atomic E-state index is 13.2. The summed E-state index contributed by atoms with van der Waals surface area (Å²) in [5.74, 6) is 0. The maximum Gasteiger partial charge on any atom is 0.262 e. The molecule has 1 fully saturated rings. The van der Waals surface area contributed by atoms with Gasteiger partial charge in [0, 0.05) is 62.9 Å². The number of aryl methyl sites for hydroxylation is 2. The van der Waals surface area contributed by atoms with Gasteiger partial charge in [0.25, 0.3) is 5.56 Å². The topological polar surface area (TPSA) is 44.6 Å². The first-order valence-electron chi connectivity index (χ1n) is 11.2. The average molecular weight is 438 g/mol. The maximum absolute atomic E-state index is 13.2. The molecular formula is C24H31N5OS. The van der Waals surface area contributed by atoms with Gasteiger partial charge in [-0.2, -0.15) is 0 Å². The molecule has 0 radical (unpaired) electrons. The number of aromatic nitrogens is 2. The van der Waals surface area contributed by atoms with Crippen molar-refractivity contribution in [3.63, 3.8) is 0 Å². The summed E-state index contributed by atoms with van der Waals surface area (Å²) >= 11 is 1.69. The number of thiophene rings is 1. The van der Waals surface area contributed by atoms with E-state index < -0.39 is 0 Å². The number of benzene rings is 1. The Morgan fingerprint density at radius 3 is 2.65 bits per heavy atom. The molecule has 0 unspecified atom stereocenters. The molecule has 7 heteroatoms. The molecule has 0 atom stereocenters. The van der Waals surface area contributed by atoms with E-state index in [9.17, 15) is 4.79 Å². The number of piperazine rings is 1. The highest BCUT2D eigenvalue weighted by Gasteiger charge is 2.23. The van der Waals surface area contributed by atoms with Gasteiger partial charge < -0.3 is 9.80 Å². The smallest absolute Gasteiger partial charge is 0.262 e. The highest BCUT2D eigenvalue weighted by molar-refractivity contribution is 7.18. The Bertz CT molecular complexity index is 1160. The molecule has 2 aliphatic heterocycles. The van der Waals surface area contributed by atoms with Gasteiger partial charge in [-0.15, -0.1) is 11.3 Å². The van der Waals surface area contributed by atoms with Gasteiger partial charge in [-0.1, -0.05) is 17.7 Å². The van der Waals surface area contributed by atoms with Crippen LogP contribution in [-0.2, 0) is 19.5 Å². The molecule has 31 heavy (non-hydrogen) atoms. The van der Waals surface area contributed by atoms with E-state index in [1.54, 1.807) is 17.7 Å². The molecular weight excluding hydrogens is 406 g/mol. The van der Waals surface area contributed by atoms with Crippen LogP contribution in [0.25, 0.3) is 10.2 Å². The third-order valence-electron chi connectivity index (χ3n) is 6.74. The van der Waals surface area contributed by atoms with Crippen LogP contribution < -0.4 is 10.5 Å². The van der Waals surface area contributed by atoms with Crippen LogP contribution in [0, 0.1) is 13.8 Å². The first kappa shape index (κ1) is 20.7. The van der Waals surface area contributed by atoms with E-state index >= 15 is 0 Å². The Morgan fingerprint density at radius 1 is 1.06 bits per heavy atom. The summed E-state index contributed by atoms with van der Waals surface area (Å²) < 4.78 is 1.82. The third-order valence-corrected chi connectivity index (χ3v) is 7.87. The Labute approximate surface area is 187 Å². The summed E-state index contributed by atoms with van der Waals surface area (Å²) in [6, 6.07) is 6.71. The van der Waals surface area contributed by atoms with Crippen LogP contribution in [-0.4, -0.2) is 65.7 Å². The van der Waals surface area contributed by atoms with E-state index in [0.717, 1.165) is 62.5 Å². The van der Waals surface area contributed by atoms with Crippen LogP contribution in [0.15, 0.2) is 29.3 Å². The van der Waals surface area contributed by atoms with Crippen LogP contribution in [0.2, 0.25) is 0 Å². The number of likely N-dealkylation sites (N-methyl/N-ethyl adjacent to an activating group) is 1. The normalized spacial score (nSPS) is 18.0. The molecule has 1 aromatic carbocycles. The molecule has 164 valence electrons. The Morgan fingerprint density at radius 2 is 1.87 bits per heavy atom. The molecule has 0 saturated carbocycles. The Balaban J connectivity index is 1.25. The van der Waals surface area contributed by atoms with E-state index in [4.69, 9.17) is 0 Å². The molecule has 4 heterocycles. The van der Waals surface area contributed by atoms with Crippen LogP contribution >= 0.6 is 11.3 Å². The Kier molecular flexibility index (Phi) is 5.58. The van der Waals surface area contributed by atoms with Gasteiger partial charge in [0.1, 0.15) is 4.83 Å². The van der Waals surface area contributed by atoms with Gasteiger partial charge in [-0.05, 0) is 44.5 Å². The number of hydrogen-bond acceptors (Lipinski definition) is 6. The third kappa shape index (κ3) is 4.02. The van der Waals surface area contributed by atoms with E-state index in [1.165, 1.54) is 27.3 Å². The van der Waals surface area contributed by atoms with E-state index in [1.807, 2.05) is 4.57 Å². The second-order valence-corrected chi connectivity index (χ2v) is 10.1. The fourth-order valence-corrected chi connectivity index (χ4v) is 6.19. The SMILES string of the molecule is Cc1ccc(N2CCN(CCn3cnc4sc5c(c4c3=O)CCN(C)C5)CC2)c(C)c1. The lowest BCUT2D eigenvalue weighted by atomic mass is 10.1. The van der Waals surface area contributed by atoms with Crippen molar-refractivity contribution in [2.45, 2.75) is 33.4 Å². The first-order valence-corrected chi connectivity index (χ1v) is 12.0. The van der Waals surface area contributed by atoms with E-state index in [-0.39, 0.29) is 5.56 Å². The minimum atomic E-state index is 0.140. The van der Waals surface area contributed by atoms with Gasteiger partial charge >= 0.3 is 0 Å². The zero-order valence-corrected chi connectivity index (χ0v) is 19.5. The van der Waals surface area contributed by atoms with Gasteiger partial charge in [0.05, 0.1) is 11.7 Å². The number of fused-ring (bicyclic) bond motifs is 3. The lowest BCUT2D eigenvalue weighted by Crippen LogP contribution is -2.47. The number of anilines is 1. The predicted molar refractivity (Wildman–Crippen MR) is 128 cm³/mol. The van der Waals surface area contributed by atoms with Crippen molar-refractivity contribution in [3.05, 3.63) is 56.4 Å². The van der Waals surface area contributed by atoms with Crippen molar-refractivity contribution in [3.8, 4) is 0 Å². The quantitative estimate of drug-likeness (QED) is 0.628. The van der Waals surface area contributed by atoms with Crippen molar-refractivity contribution >= 4 is 27.2 Å². The molecule has 0 bridgehead atoms. The Hall–Kier alpha value is -2.22. The molecule has 3 aromatic rings. The van der Waals surface area contributed by atoms with Crippen molar-refractivity contribution < 1.29 is 0 Å². The molecule has 1 saturated heterocycles. The van der Waals surface area contributed by atoms with Crippen LogP contribution in [0.4, 0.5) is 5.69 Å². The highest BCUT2D eigenvalue weighted by atomic mass is 32.1. The average Bonchev–Trinajstić information content (AvgIpc) is 3.12. The van der Waals surface area contributed by atoms with Crippen molar-refractivity contribution in [2.75, 3.05) is 51.2 Å². The van der Waals surface area contributed by atoms with Gasteiger partial charge in [-0.25, -0.2) is 4.98 Å². The minimum Gasteiger partial charge on any atom is -0.369 e. The fraction of sp³-hybridized carbons (Fsp3) is 0.500. The molecule has 2 aliphatic rings. The summed E-state index contributed by atoms with van der Waals surface area (Å²) in [6.07, 6.45) is 2.70. The van der Waals surface area contributed by atoms with Gasteiger partial charge in [0.15, 0.2) is 0 Å². The zero-order chi connectivity index (χ0) is 21.5. The lowest BCUT2D eigenvalue weighted by Gasteiger charge is -2.37. The molecule has 0 N–H and O–H groups in total. The molecule has 0 amide bonds. The lowest BCUT2D eigenvalue weighted by molar-refractivity contribution is 0.247. The standard InChI is InChI=1S/C24H31N5OS/c1-17-4-5-20(18(2)14-17)28-11-8-27(9-12-28)10-13-29-16-25-23-22(24(29)30)19-6-7-26(3)15-21(19)31-23/h4-5,14,16H,6-13,15H2,1-3H3. The summed E-state index contributed by atoms with van der Waals surface area (Å²) in [4.78, 5) is 27.3. The largest absolute Gasteiger partial charge is 0.369 e. The van der Waals surface area contributed by atoms with Crippen LogP contribution in [0.3, 0.4) is 0 Å². The predicted octanol–water partition coefficient (Wildman–Crippen LogP) is 2.88. The first-order chi connectivity index (χ1) is 15.0. The molecule has 0 aliphatic carbocycles. The van der Waals surface area contributed by atoms with E-state index in [0.29, 0.717) is 6.54 Å². The molecule has 6 nitrogen and oxygen atoms in total. The zero-order valence-electron chi connectivity index (χ0n) is 18.7. The van der Waals surface area contributed by atoms with Gasteiger partial charge in [0.2, 0.25) is 0 Å². The monoisotopic (exact) mass is 437 g/mol. The van der Waals surface area contributed by atoms with Crippen molar-refractivity contribution in [1.29, 1.82) is 0 Å². The summed E-state index contributed by atoms with van der Waals surface area (Å²) in [6.45, 7) is 12.0. The summed E-state index contributed by atoms with van der Waals surface area (Å²) in [7, 11) is 2.14. The van der Waals surface area contributed by atoms with Crippen molar-refractivity contribution in [2.24, 2.45) is 0 Å². The van der Waals surface area contributed by atoms with Crippen molar-refractivity contribution in [1.82, 2.24) is 19.4 Å². The molecule has 0 spiro atoms. The van der Waals surface area contributed by atoms with E-state index in [2.05, 4.69) is 58.8 Å². The van der Waals surface area contributed by atoms with Crippen LogP contribution in [0.1, 0.15) is 21.6 Å². The number of rotatable bonds is 4. The summed E-state index contributed by atoms with van der Waals surface area (Å²) in [5.41, 5.74) is 5.40. The summed E-state index contributed by atoms with van der Waals surface area (Å²) in [5, 5.41) is 0.871. The fourth-order valence-electron chi connectivity index (χ4n) is 4.93. The second-order valence-electron chi connectivity index (χ2n) is 9.03. The van der Waals surface area contributed by atoms with Gasteiger partial charge in [-0.3, -0.25) is 14.3 Å². The molecule has 2 aromatic heterocycles. The number of hydrogen-bond donors (Lipinski definition) is 0. The minimum absolute atomic E-state index is 0.140. The second kappa shape index (κ2) is 8.37. The molecule has 5 rings (SSSR count). The number of nitrogens with zero attached hydrogens (tertiary/aromatic N) is 5.